The SMILES string of the molecule is COC(C)C(=O)Nc1cccc(NC(=O)CC(C)C2CCNCC2)c1.Cl. The highest BCUT2D eigenvalue weighted by atomic mass is 35.5. The van der Waals surface area contributed by atoms with Crippen molar-refractivity contribution >= 4 is 35.6 Å². The molecule has 0 saturated carbocycles. The number of methoxy groups -OCH3 is 1. The van der Waals surface area contributed by atoms with Crippen LogP contribution in [0.2, 0.25) is 0 Å². The number of carbonyl (C=O) groups excluding carboxylic acids is 2. The average molecular weight is 384 g/mol. The quantitative estimate of drug-likeness (QED) is 0.676. The van der Waals surface area contributed by atoms with Crippen molar-refractivity contribution in [1.29, 1.82) is 0 Å². The first-order valence-corrected chi connectivity index (χ1v) is 8.94. The third-order valence-corrected chi connectivity index (χ3v) is 4.83. The third kappa shape index (κ3) is 6.94. The van der Waals surface area contributed by atoms with Crippen molar-refractivity contribution in [3.63, 3.8) is 0 Å². The first kappa shape index (κ1) is 22.4. The second kappa shape index (κ2) is 11.2. The van der Waals surface area contributed by atoms with Crippen LogP contribution in [0.1, 0.15) is 33.1 Å². The second-order valence-corrected chi connectivity index (χ2v) is 6.77. The Hall–Kier alpha value is -1.63. The zero-order valence-electron chi connectivity index (χ0n) is 15.7. The molecule has 2 rings (SSSR count). The molecule has 2 amide bonds. The minimum atomic E-state index is -0.524. The van der Waals surface area contributed by atoms with Gasteiger partial charge in [0.2, 0.25) is 5.91 Å². The van der Waals surface area contributed by atoms with Gasteiger partial charge in [0.25, 0.3) is 5.91 Å². The van der Waals surface area contributed by atoms with Crippen molar-refractivity contribution in [3.8, 4) is 0 Å². The molecule has 0 radical (unpaired) electrons. The Balaban J connectivity index is 0.00000338. The number of carbonyl (C=O) groups is 2. The molecule has 1 aliphatic heterocycles. The number of halogens is 1. The number of rotatable bonds is 7. The van der Waals surface area contributed by atoms with Crippen LogP contribution in [-0.4, -0.2) is 38.1 Å². The first-order chi connectivity index (χ1) is 12.0. The summed E-state index contributed by atoms with van der Waals surface area (Å²) in [5, 5.41) is 9.06. The molecule has 3 N–H and O–H groups in total. The van der Waals surface area contributed by atoms with Crippen molar-refractivity contribution in [3.05, 3.63) is 24.3 Å². The Morgan fingerprint density at radius 1 is 1.19 bits per heavy atom. The van der Waals surface area contributed by atoms with E-state index in [1.807, 2.05) is 6.07 Å². The molecule has 1 heterocycles. The molecule has 6 nitrogen and oxygen atoms in total. The summed E-state index contributed by atoms with van der Waals surface area (Å²) in [6.07, 6.45) is 2.26. The summed E-state index contributed by atoms with van der Waals surface area (Å²) < 4.78 is 4.99. The predicted octanol–water partition coefficient (Wildman–Crippen LogP) is 3.05. The van der Waals surface area contributed by atoms with E-state index in [1.54, 1.807) is 25.1 Å². The van der Waals surface area contributed by atoms with Gasteiger partial charge in [-0.2, -0.15) is 0 Å². The summed E-state index contributed by atoms with van der Waals surface area (Å²) in [5.74, 6) is 0.769. The first-order valence-electron chi connectivity index (χ1n) is 8.94. The summed E-state index contributed by atoms with van der Waals surface area (Å²) in [6.45, 7) is 5.91. The minimum absolute atomic E-state index is 0. The number of amides is 2. The molecule has 1 fully saturated rings. The van der Waals surface area contributed by atoms with Crippen molar-refractivity contribution in [2.24, 2.45) is 11.8 Å². The summed E-state index contributed by atoms with van der Waals surface area (Å²) in [5.41, 5.74) is 1.32. The van der Waals surface area contributed by atoms with Gasteiger partial charge in [0.1, 0.15) is 6.10 Å². The van der Waals surface area contributed by atoms with Gasteiger partial charge in [-0.15, -0.1) is 12.4 Å². The van der Waals surface area contributed by atoms with Gasteiger partial charge in [-0.1, -0.05) is 13.0 Å². The molecule has 26 heavy (non-hydrogen) atoms. The molecule has 1 saturated heterocycles. The van der Waals surface area contributed by atoms with Crippen LogP contribution in [0, 0.1) is 11.8 Å². The fourth-order valence-corrected chi connectivity index (χ4v) is 3.11. The van der Waals surface area contributed by atoms with E-state index in [9.17, 15) is 9.59 Å². The molecule has 0 bridgehead atoms. The third-order valence-electron chi connectivity index (χ3n) is 4.83. The van der Waals surface area contributed by atoms with Crippen LogP contribution in [0.25, 0.3) is 0 Å². The van der Waals surface area contributed by atoms with E-state index in [-0.39, 0.29) is 24.2 Å². The lowest BCUT2D eigenvalue weighted by Gasteiger charge is -2.27. The molecule has 146 valence electrons. The predicted molar refractivity (Wildman–Crippen MR) is 107 cm³/mol. The van der Waals surface area contributed by atoms with Gasteiger partial charge in [0.05, 0.1) is 0 Å². The van der Waals surface area contributed by atoms with Crippen LogP contribution >= 0.6 is 12.4 Å². The molecular formula is C19H30ClN3O3. The van der Waals surface area contributed by atoms with E-state index in [0.717, 1.165) is 25.9 Å². The van der Waals surface area contributed by atoms with Gasteiger partial charge in [-0.25, -0.2) is 0 Å². The Kier molecular flexibility index (Phi) is 9.62. The van der Waals surface area contributed by atoms with Gasteiger partial charge in [0, 0.05) is 24.9 Å². The number of piperidine rings is 1. The maximum absolute atomic E-state index is 12.3. The van der Waals surface area contributed by atoms with Crippen molar-refractivity contribution < 1.29 is 14.3 Å². The van der Waals surface area contributed by atoms with E-state index >= 15 is 0 Å². The number of ether oxygens (including phenoxy) is 1. The molecule has 0 aromatic heterocycles. The highest BCUT2D eigenvalue weighted by Crippen LogP contribution is 2.25. The van der Waals surface area contributed by atoms with E-state index in [1.165, 1.54) is 7.11 Å². The summed E-state index contributed by atoms with van der Waals surface area (Å²) in [6, 6.07) is 7.17. The number of hydrogen-bond acceptors (Lipinski definition) is 4. The number of anilines is 2. The van der Waals surface area contributed by atoms with Crippen LogP contribution < -0.4 is 16.0 Å². The van der Waals surface area contributed by atoms with Crippen LogP contribution in [0.3, 0.4) is 0 Å². The molecule has 1 aliphatic rings. The van der Waals surface area contributed by atoms with Gasteiger partial charge >= 0.3 is 0 Å². The van der Waals surface area contributed by atoms with Crippen molar-refractivity contribution in [2.45, 2.75) is 39.2 Å². The Morgan fingerprint density at radius 2 is 1.81 bits per heavy atom. The second-order valence-electron chi connectivity index (χ2n) is 6.77. The molecule has 2 atom stereocenters. The highest BCUT2D eigenvalue weighted by molar-refractivity contribution is 5.95. The molecule has 7 heteroatoms. The average Bonchev–Trinajstić information content (AvgIpc) is 2.61. The van der Waals surface area contributed by atoms with E-state index in [4.69, 9.17) is 4.74 Å². The van der Waals surface area contributed by atoms with E-state index < -0.39 is 6.10 Å². The fraction of sp³-hybridized carbons (Fsp3) is 0.579. The molecule has 1 aromatic rings. The van der Waals surface area contributed by atoms with Gasteiger partial charge in [-0.3, -0.25) is 9.59 Å². The van der Waals surface area contributed by atoms with Crippen LogP contribution in [0.4, 0.5) is 11.4 Å². The Morgan fingerprint density at radius 3 is 2.42 bits per heavy atom. The van der Waals surface area contributed by atoms with Crippen molar-refractivity contribution in [2.75, 3.05) is 30.8 Å². The highest BCUT2D eigenvalue weighted by Gasteiger charge is 2.22. The van der Waals surface area contributed by atoms with Gasteiger partial charge < -0.3 is 20.7 Å². The fourth-order valence-electron chi connectivity index (χ4n) is 3.11. The number of nitrogens with one attached hydrogen (secondary N) is 3. The Bertz CT molecular complexity index is 591. The monoisotopic (exact) mass is 383 g/mol. The largest absolute Gasteiger partial charge is 0.372 e. The normalized spacial score (nSPS) is 16.9. The lowest BCUT2D eigenvalue weighted by Crippen LogP contribution is -2.32. The van der Waals surface area contributed by atoms with Crippen LogP contribution in [0.5, 0.6) is 0 Å². The van der Waals surface area contributed by atoms with Crippen LogP contribution in [-0.2, 0) is 14.3 Å². The molecule has 0 aliphatic carbocycles. The molecular weight excluding hydrogens is 354 g/mol. The molecule has 0 spiro atoms. The number of hydrogen-bond donors (Lipinski definition) is 3. The van der Waals surface area contributed by atoms with Gasteiger partial charge in [0.15, 0.2) is 0 Å². The van der Waals surface area contributed by atoms with Gasteiger partial charge in [-0.05, 0) is 62.9 Å². The lowest BCUT2D eigenvalue weighted by atomic mass is 9.84. The summed E-state index contributed by atoms with van der Waals surface area (Å²) >= 11 is 0. The minimum Gasteiger partial charge on any atom is -0.372 e. The van der Waals surface area contributed by atoms with E-state index in [2.05, 4.69) is 22.9 Å². The number of benzene rings is 1. The smallest absolute Gasteiger partial charge is 0.253 e. The van der Waals surface area contributed by atoms with E-state index in [0.29, 0.717) is 29.6 Å². The molecule has 2 unspecified atom stereocenters. The molecule has 1 aromatic carbocycles. The van der Waals surface area contributed by atoms with Crippen molar-refractivity contribution in [1.82, 2.24) is 5.32 Å². The topological polar surface area (TPSA) is 79.5 Å². The summed E-state index contributed by atoms with van der Waals surface area (Å²) in [7, 11) is 1.49. The lowest BCUT2D eigenvalue weighted by molar-refractivity contribution is -0.124. The van der Waals surface area contributed by atoms with Crippen LogP contribution in [0.15, 0.2) is 24.3 Å². The maximum Gasteiger partial charge on any atom is 0.253 e. The zero-order chi connectivity index (χ0) is 18.2. The zero-order valence-corrected chi connectivity index (χ0v) is 16.5. The maximum atomic E-state index is 12.3. The standard InChI is InChI=1S/C19H29N3O3.ClH/c1-13(15-7-9-20-10-8-15)11-18(23)21-16-5-4-6-17(12-16)22-19(24)14(2)25-3;/h4-6,12-15,20H,7-11H2,1-3H3,(H,21,23)(H,22,24);1H. The Labute approximate surface area is 161 Å². The summed E-state index contributed by atoms with van der Waals surface area (Å²) in [4.78, 5) is 24.2.